The molecular formula is C31H38F3N5O4S. The Morgan fingerprint density at radius 2 is 1.93 bits per heavy atom. The van der Waals surface area contributed by atoms with E-state index in [1.165, 1.54) is 13.2 Å². The molecular weight excluding hydrogens is 595 g/mol. The predicted molar refractivity (Wildman–Crippen MR) is 160 cm³/mol. The highest BCUT2D eigenvalue weighted by molar-refractivity contribution is 8.17. The maximum absolute atomic E-state index is 13.6. The predicted octanol–water partition coefficient (Wildman–Crippen LogP) is 5.33. The molecule has 1 N–H and O–H groups in total. The fourth-order valence-corrected chi connectivity index (χ4v) is 8.36. The summed E-state index contributed by atoms with van der Waals surface area (Å²) in [7, 11) is 1.45. The molecule has 2 aliphatic heterocycles. The molecule has 238 valence electrons. The van der Waals surface area contributed by atoms with Crippen LogP contribution in [0.2, 0.25) is 0 Å². The molecule has 2 saturated heterocycles. The van der Waals surface area contributed by atoms with Crippen molar-refractivity contribution in [3.63, 3.8) is 0 Å². The van der Waals surface area contributed by atoms with Gasteiger partial charge in [0.15, 0.2) is 5.69 Å². The van der Waals surface area contributed by atoms with Gasteiger partial charge in [0.1, 0.15) is 17.4 Å². The smallest absolute Gasteiger partial charge is 0.419 e. The number of hydrogen-bond donors (Lipinski definition) is 2. The summed E-state index contributed by atoms with van der Waals surface area (Å²) in [5.41, 5.74) is -1.41. The number of hydrogen-bond acceptors (Lipinski definition) is 8. The van der Waals surface area contributed by atoms with Gasteiger partial charge >= 0.3 is 12.1 Å². The molecule has 1 unspecified atom stereocenters. The summed E-state index contributed by atoms with van der Waals surface area (Å²) in [6.45, 7) is 7.90. The maximum Gasteiger partial charge on any atom is 0.419 e. The number of carbonyl (C=O) groups excluding carboxylic acids is 2. The molecule has 1 aromatic carbocycles. The van der Waals surface area contributed by atoms with Gasteiger partial charge in [-0.1, -0.05) is 6.92 Å². The number of halogens is 3. The largest absolute Gasteiger partial charge is 0.493 e. The van der Waals surface area contributed by atoms with Crippen molar-refractivity contribution in [3.05, 3.63) is 47.3 Å². The second-order valence-corrected chi connectivity index (χ2v) is 14.6. The average Bonchev–Trinajstić information content (AvgIpc) is 3.78. The molecule has 3 heterocycles. The summed E-state index contributed by atoms with van der Waals surface area (Å²) in [6, 6.07) is 8.07. The number of nitrogens with one attached hydrogen (secondary N) is 1. The van der Waals surface area contributed by atoms with Gasteiger partial charge in [-0.05, 0) is 101 Å². The quantitative estimate of drug-likeness (QED) is 0.282. The zero-order valence-electron chi connectivity index (χ0n) is 25.3. The zero-order chi connectivity index (χ0) is 31.9. The van der Waals surface area contributed by atoms with Gasteiger partial charge in [0.2, 0.25) is 0 Å². The second kappa shape index (κ2) is 12.2. The van der Waals surface area contributed by atoms with Crippen LogP contribution in [0.1, 0.15) is 69.7 Å². The molecule has 0 radical (unpaired) electrons. The summed E-state index contributed by atoms with van der Waals surface area (Å²) >= 11 is -1.35. The van der Waals surface area contributed by atoms with E-state index in [4.69, 9.17) is 14.7 Å². The average molecular weight is 634 g/mol. The number of anilines is 1. The molecule has 5 rings (SSSR count). The lowest BCUT2D eigenvalue weighted by Crippen LogP contribution is -2.48. The van der Waals surface area contributed by atoms with Gasteiger partial charge in [-0.3, -0.25) is 14.5 Å². The first kappa shape index (κ1) is 32.1. The summed E-state index contributed by atoms with van der Waals surface area (Å²) < 4.78 is 51.0. The fraction of sp³-hybridized carbons (Fsp3) is 0.548. The maximum atomic E-state index is 13.6. The molecule has 3 fully saturated rings. The van der Waals surface area contributed by atoms with Crippen molar-refractivity contribution in [3.8, 4) is 11.8 Å². The van der Waals surface area contributed by atoms with Crippen LogP contribution in [0.25, 0.3) is 0 Å². The number of aryl methyl sites for hydroxylation is 1. The lowest BCUT2D eigenvalue weighted by Gasteiger charge is -2.36. The first-order chi connectivity index (χ1) is 20.8. The molecule has 1 saturated carbocycles. The third-order valence-corrected chi connectivity index (χ3v) is 11.5. The number of methoxy groups -OCH3 is 1. The van der Waals surface area contributed by atoms with Gasteiger partial charge in [-0.25, -0.2) is 9.99 Å². The van der Waals surface area contributed by atoms with E-state index in [1.807, 2.05) is 25.1 Å². The Hall–Kier alpha value is -3.34. The van der Waals surface area contributed by atoms with Crippen LogP contribution in [0.5, 0.6) is 5.75 Å². The molecule has 1 amide bonds. The number of hydrazine groups is 1. The van der Waals surface area contributed by atoms with E-state index in [0.29, 0.717) is 18.9 Å². The number of nitriles is 1. The molecule has 9 nitrogen and oxygen atoms in total. The van der Waals surface area contributed by atoms with E-state index in [1.54, 1.807) is 13.8 Å². The van der Waals surface area contributed by atoms with Gasteiger partial charge in [0, 0.05) is 4.90 Å². The number of ether oxygens (including phenoxy) is 2. The lowest BCUT2D eigenvalue weighted by atomic mass is 9.92. The van der Waals surface area contributed by atoms with E-state index in [2.05, 4.69) is 14.7 Å². The van der Waals surface area contributed by atoms with Gasteiger partial charge in [-0.15, -0.1) is 11.1 Å². The Balaban J connectivity index is 1.23. The van der Waals surface area contributed by atoms with Gasteiger partial charge in [0.05, 0.1) is 35.9 Å². The number of pyridine rings is 1. The van der Waals surface area contributed by atoms with Crippen molar-refractivity contribution >= 4 is 28.6 Å². The zero-order valence-corrected chi connectivity index (χ0v) is 26.2. The Bertz CT molecular complexity index is 1470. The van der Waals surface area contributed by atoms with Crippen LogP contribution >= 0.6 is 11.1 Å². The first-order valence-corrected chi connectivity index (χ1v) is 16.2. The number of rotatable bonds is 9. The lowest BCUT2D eigenvalue weighted by molar-refractivity contribution is -0.149. The van der Waals surface area contributed by atoms with Crippen molar-refractivity contribution in [2.75, 3.05) is 31.8 Å². The third kappa shape index (κ3) is 5.99. The highest BCUT2D eigenvalue weighted by Crippen LogP contribution is 2.52. The Morgan fingerprint density at radius 3 is 2.52 bits per heavy atom. The molecule has 44 heavy (non-hydrogen) atoms. The van der Waals surface area contributed by atoms with Crippen LogP contribution < -0.4 is 14.6 Å². The second-order valence-electron chi connectivity index (χ2n) is 12.1. The Labute approximate surface area is 258 Å². The standard InChI is InChI=1S/C31H38F3N5O4S/c1-5-21-16-23(6-7-26(21)43-15-10-20-8-13-38(14-9-20)30(11-12-30)28(41)42-4)44-29(2,3)27(40)39(37-44)22-17-24(31(32,33)34)25(18-35)36-19-22/h6-7,16-17,19-20,37,44H,5,8-15H2,1-4H3. The number of esters is 1. The number of alkyl halides is 3. The molecule has 1 aliphatic carbocycles. The number of likely N-dealkylation sites (tertiary alicyclic amines) is 1. The monoisotopic (exact) mass is 633 g/mol. The summed E-state index contributed by atoms with van der Waals surface area (Å²) in [5.74, 6) is 0.790. The van der Waals surface area contributed by atoms with Crippen LogP contribution in [-0.4, -0.2) is 58.9 Å². The molecule has 0 spiro atoms. The normalized spacial score (nSPS) is 22.5. The van der Waals surface area contributed by atoms with E-state index < -0.39 is 38.8 Å². The van der Waals surface area contributed by atoms with Gasteiger partial charge in [-0.2, -0.15) is 23.3 Å². The van der Waals surface area contributed by atoms with Crippen LogP contribution in [0, 0.1) is 17.2 Å². The first-order valence-electron chi connectivity index (χ1n) is 14.8. The van der Waals surface area contributed by atoms with Crippen LogP contribution in [0.4, 0.5) is 18.9 Å². The van der Waals surface area contributed by atoms with E-state index in [9.17, 15) is 22.8 Å². The Kier molecular flexibility index (Phi) is 8.90. The van der Waals surface area contributed by atoms with Crippen molar-refractivity contribution in [1.82, 2.24) is 14.7 Å². The number of thiol groups is 1. The molecule has 1 atom stereocenters. The van der Waals surface area contributed by atoms with Crippen molar-refractivity contribution < 1.29 is 32.2 Å². The SMILES string of the molecule is CCc1cc([SH]2NN(c3cnc(C#N)c(C(F)(F)F)c3)C(=O)C2(C)C)ccc1OCCC1CCN(C2(C(=O)OC)CC2)CC1. The number of benzene rings is 1. The van der Waals surface area contributed by atoms with Crippen LogP contribution in [0.3, 0.4) is 0 Å². The highest BCUT2D eigenvalue weighted by Gasteiger charge is 2.56. The van der Waals surface area contributed by atoms with Crippen LogP contribution in [-0.2, 0) is 26.9 Å². The fourth-order valence-electron chi connectivity index (χ4n) is 6.14. The van der Waals surface area contributed by atoms with Gasteiger partial charge < -0.3 is 9.47 Å². The molecule has 0 bridgehead atoms. The molecule has 1 aromatic heterocycles. The van der Waals surface area contributed by atoms with Crippen molar-refractivity contribution in [1.29, 1.82) is 5.26 Å². The number of amides is 1. The number of aromatic nitrogens is 1. The summed E-state index contributed by atoms with van der Waals surface area (Å²) in [6.07, 6.45) is 1.69. The van der Waals surface area contributed by atoms with Crippen LogP contribution in [0.15, 0.2) is 35.4 Å². The Morgan fingerprint density at radius 1 is 1.23 bits per heavy atom. The molecule has 3 aliphatic rings. The van der Waals surface area contributed by atoms with E-state index >= 15 is 0 Å². The van der Waals surface area contributed by atoms with Crippen molar-refractivity contribution in [2.45, 2.75) is 80.7 Å². The number of carbonyl (C=O) groups is 2. The summed E-state index contributed by atoms with van der Waals surface area (Å²) in [5, 5.41) is 10.2. The van der Waals surface area contributed by atoms with Crippen molar-refractivity contribution in [2.24, 2.45) is 5.92 Å². The minimum atomic E-state index is -4.79. The molecule has 13 heteroatoms. The van der Waals surface area contributed by atoms with E-state index in [-0.39, 0.29) is 17.6 Å². The highest BCUT2D eigenvalue weighted by atomic mass is 32.2. The summed E-state index contributed by atoms with van der Waals surface area (Å²) in [4.78, 5) is 35.6. The van der Waals surface area contributed by atoms with E-state index in [0.717, 1.165) is 78.7 Å². The minimum Gasteiger partial charge on any atom is -0.493 e. The minimum absolute atomic E-state index is 0.0708. The number of nitrogens with zero attached hydrogens (tertiary/aromatic N) is 4. The molecule has 2 aromatic rings. The number of piperidine rings is 1. The van der Waals surface area contributed by atoms with Gasteiger partial charge in [0.25, 0.3) is 5.91 Å². The third-order valence-electron chi connectivity index (χ3n) is 9.00. The topological polar surface area (TPSA) is 108 Å².